The summed E-state index contributed by atoms with van der Waals surface area (Å²) in [6.45, 7) is 5.39. The summed E-state index contributed by atoms with van der Waals surface area (Å²) in [6.07, 6.45) is 0. The van der Waals surface area contributed by atoms with Crippen LogP contribution < -0.4 is 10.5 Å². The van der Waals surface area contributed by atoms with Crippen LogP contribution in [-0.4, -0.2) is 25.5 Å². The van der Waals surface area contributed by atoms with Crippen LogP contribution in [0.15, 0.2) is 31.1 Å². The molecule has 1 rings (SSSR count). The van der Waals surface area contributed by atoms with Gasteiger partial charge in [0.25, 0.3) is 0 Å². The maximum atomic E-state index is 12.5. The van der Waals surface area contributed by atoms with Gasteiger partial charge in [0.2, 0.25) is 10.0 Å². The van der Waals surface area contributed by atoms with E-state index in [4.69, 9.17) is 10.9 Å². The number of oxime groups is 1. The Kier molecular flexibility index (Phi) is 6.21. The van der Waals surface area contributed by atoms with Gasteiger partial charge in [-0.25, -0.2) is 13.1 Å². The fourth-order valence-electron chi connectivity index (χ4n) is 1.66. The number of nitrogens with one attached hydrogen (secondary N) is 1. The molecule has 4 N–H and O–H groups in total. The van der Waals surface area contributed by atoms with E-state index in [0.717, 1.165) is 5.56 Å². The molecule has 118 valence electrons. The van der Waals surface area contributed by atoms with Crippen molar-refractivity contribution in [2.75, 3.05) is 0 Å². The first-order valence-corrected chi connectivity index (χ1v) is 9.12. The minimum atomic E-state index is -3.83. The maximum absolute atomic E-state index is 12.5. The Balaban J connectivity index is 3.26. The Bertz CT molecular complexity index is 660. The molecule has 1 aromatic rings. The molecule has 0 bridgehead atoms. The third-order valence-corrected chi connectivity index (χ3v) is 6.14. The molecule has 1 aromatic carbocycles. The molecule has 9 heteroatoms. The van der Waals surface area contributed by atoms with E-state index in [-0.39, 0.29) is 16.6 Å². The van der Waals surface area contributed by atoms with E-state index in [0.29, 0.717) is 8.95 Å². The van der Waals surface area contributed by atoms with Crippen molar-refractivity contribution in [3.05, 3.63) is 26.6 Å². The van der Waals surface area contributed by atoms with E-state index in [9.17, 15) is 8.42 Å². The third-order valence-electron chi connectivity index (χ3n) is 2.89. The summed E-state index contributed by atoms with van der Waals surface area (Å²) in [5, 5.41) is 11.7. The number of hydrogen-bond acceptors (Lipinski definition) is 4. The average Bonchev–Trinajstić information content (AvgIpc) is 2.38. The maximum Gasteiger partial charge on any atom is 0.242 e. The van der Waals surface area contributed by atoms with Crippen molar-refractivity contribution in [2.24, 2.45) is 16.8 Å². The van der Waals surface area contributed by atoms with Crippen molar-refractivity contribution in [1.82, 2.24) is 4.72 Å². The Morgan fingerprint density at radius 1 is 1.33 bits per heavy atom. The SMILES string of the molecule is Cc1cc(Br)c(S(=O)(=O)NC(/C(N)=N/O)C(C)C)cc1Br. The zero-order chi connectivity index (χ0) is 16.4. The van der Waals surface area contributed by atoms with Crippen LogP contribution >= 0.6 is 31.9 Å². The Morgan fingerprint density at radius 3 is 2.38 bits per heavy atom. The van der Waals surface area contributed by atoms with Gasteiger partial charge in [-0.1, -0.05) is 34.9 Å². The van der Waals surface area contributed by atoms with Crippen molar-refractivity contribution in [3.63, 3.8) is 0 Å². The first kappa shape index (κ1) is 18.4. The predicted octanol–water partition coefficient (Wildman–Crippen LogP) is 2.57. The summed E-state index contributed by atoms with van der Waals surface area (Å²) in [6, 6.07) is 2.41. The number of halogens is 2. The highest BCUT2D eigenvalue weighted by Crippen LogP contribution is 2.29. The van der Waals surface area contributed by atoms with Gasteiger partial charge in [0.05, 0.1) is 10.9 Å². The molecule has 0 amide bonds. The predicted molar refractivity (Wildman–Crippen MR) is 88.9 cm³/mol. The normalized spacial score (nSPS) is 14.5. The second-order valence-electron chi connectivity index (χ2n) is 4.90. The molecule has 21 heavy (non-hydrogen) atoms. The molecule has 0 radical (unpaired) electrons. The number of sulfonamides is 1. The van der Waals surface area contributed by atoms with Gasteiger partial charge in [-0.15, -0.1) is 0 Å². The van der Waals surface area contributed by atoms with Crippen LogP contribution in [0.25, 0.3) is 0 Å². The summed E-state index contributed by atoms with van der Waals surface area (Å²) < 4.78 is 28.6. The third kappa shape index (κ3) is 4.41. The number of nitrogens with two attached hydrogens (primary N) is 1. The van der Waals surface area contributed by atoms with E-state index in [1.807, 2.05) is 6.92 Å². The molecule has 0 aliphatic carbocycles. The Hall–Kier alpha value is -0.640. The van der Waals surface area contributed by atoms with Crippen molar-refractivity contribution >= 4 is 47.7 Å². The van der Waals surface area contributed by atoms with E-state index in [2.05, 4.69) is 41.7 Å². The molecule has 0 heterocycles. The molecule has 0 aromatic heterocycles. The zero-order valence-electron chi connectivity index (χ0n) is 11.8. The van der Waals surface area contributed by atoms with Crippen molar-refractivity contribution in [1.29, 1.82) is 0 Å². The topological polar surface area (TPSA) is 105 Å². The van der Waals surface area contributed by atoms with Crippen LogP contribution in [0.1, 0.15) is 19.4 Å². The van der Waals surface area contributed by atoms with Crippen LogP contribution in [0.2, 0.25) is 0 Å². The van der Waals surface area contributed by atoms with Gasteiger partial charge >= 0.3 is 0 Å². The van der Waals surface area contributed by atoms with Gasteiger partial charge in [0.1, 0.15) is 0 Å². The molecular formula is C12H17Br2N3O3S. The molecule has 6 nitrogen and oxygen atoms in total. The number of rotatable bonds is 5. The highest BCUT2D eigenvalue weighted by Gasteiger charge is 2.27. The van der Waals surface area contributed by atoms with Crippen LogP contribution in [-0.2, 0) is 10.0 Å². The lowest BCUT2D eigenvalue weighted by atomic mass is 10.1. The summed E-state index contributed by atoms with van der Waals surface area (Å²) in [5.41, 5.74) is 6.45. The minimum Gasteiger partial charge on any atom is -0.409 e. The lowest BCUT2D eigenvalue weighted by molar-refractivity contribution is 0.313. The summed E-state index contributed by atoms with van der Waals surface area (Å²) >= 11 is 6.56. The summed E-state index contributed by atoms with van der Waals surface area (Å²) in [7, 11) is -3.83. The molecule has 0 saturated heterocycles. The smallest absolute Gasteiger partial charge is 0.242 e. The fraction of sp³-hybridized carbons (Fsp3) is 0.417. The van der Waals surface area contributed by atoms with Gasteiger partial charge < -0.3 is 10.9 Å². The Labute approximate surface area is 141 Å². The van der Waals surface area contributed by atoms with Gasteiger partial charge in [-0.3, -0.25) is 0 Å². The second-order valence-corrected chi connectivity index (χ2v) is 8.29. The van der Waals surface area contributed by atoms with E-state index in [1.165, 1.54) is 6.07 Å². The highest BCUT2D eigenvalue weighted by molar-refractivity contribution is 9.11. The van der Waals surface area contributed by atoms with Gasteiger partial charge in [-0.05, 0) is 46.5 Å². The summed E-state index contributed by atoms with van der Waals surface area (Å²) in [5.74, 6) is -0.362. The largest absolute Gasteiger partial charge is 0.409 e. The van der Waals surface area contributed by atoms with Crippen molar-refractivity contribution < 1.29 is 13.6 Å². The number of aryl methyl sites for hydroxylation is 1. The van der Waals surface area contributed by atoms with Crippen LogP contribution in [0.3, 0.4) is 0 Å². The van der Waals surface area contributed by atoms with Crippen molar-refractivity contribution in [2.45, 2.75) is 31.7 Å². The molecule has 0 aliphatic heterocycles. The van der Waals surface area contributed by atoms with Crippen LogP contribution in [0.4, 0.5) is 0 Å². The molecule has 0 saturated carbocycles. The lowest BCUT2D eigenvalue weighted by Gasteiger charge is -2.21. The lowest BCUT2D eigenvalue weighted by Crippen LogP contribution is -2.47. The Morgan fingerprint density at radius 2 is 1.90 bits per heavy atom. The van der Waals surface area contributed by atoms with Crippen LogP contribution in [0.5, 0.6) is 0 Å². The minimum absolute atomic E-state index is 0.0800. The summed E-state index contributed by atoms with van der Waals surface area (Å²) in [4.78, 5) is 0.0800. The quantitative estimate of drug-likeness (QED) is 0.282. The van der Waals surface area contributed by atoms with E-state index >= 15 is 0 Å². The molecule has 0 fully saturated rings. The number of benzene rings is 1. The standard InChI is InChI=1S/C12H17Br2N3O3S/c1-6(2)11(12(15)16-18)17-21(19,20)10-5-8(13)7(3)4-9(10)14/h4-6,11,17-18H,1-3H3,(H2,15,16). The first-order valence-electron chi connectivity index (χ1n) is 6.05. The van der Waals surface area contributed by atoms with Gasteiger partial charge in [0.15, 0.2) is 5.84 Å². The first-order chi connectivity index (χ1) is 9.60. The molecular weight excluding hydrogens is 426 g/mol. The number of amidine groups is 1. The highest BCUT2D eigenvalue weighted by atomic mass is 79.9. The van der Waals surface area contributed by atoms with Crippen molar-refractivity contribution in [3.8, 4) is 0 Å². The van der Waals surface area contributed by atoms with E-state index in [1.54, 1.807) is 19.9 Å². The monoisotopic (exact) mass is 441 g/mol. The fourth-order valence-corrected chi connectivity index (χ4v) is 4.70. The molecule has 1 unspecified atom stereocenters. The van der Waals surface area contributed by atoms with Gasteiger partial charge in [-0.2, -0.15) is 0 Å². The second kappa shape index (κ2) is 7.08. The van der Waals surface area contributed by atoms with Crippen LogP contribution in [0, 0.1) is 12.8 Å². The molecule has 1 atom stereocenters. The molecule has 0 spiro atoms. The molecule has 0 aliphatic rings. The van der Waals surface area contributed by atoms with Gasteiger partial charge in [0, 0.05) is 8.95 Å². The number of nitrogens with zero attached hydrogens (tertiary/aromatic N) is 1. The average molecular weight is 443 g/mol. The zero-order valence-corrected chi connectivity index (χ0v) is 15.8. The number of hydrogen-bond donors (Lipinski definition) is 3. The van der Waals surface area contributed by atoms with E-state index < -0.39 is 16.1 Å².